The van der Waals surface area contributed by atoms with Crippen LogP contribution in [-0.2, 0) is 13.0 Å². The summed E-state index contributed by atoms with van der Waals surface area (Å²) >= 11 is 13.9. The van der Waals surface area contributed by atoms with Gasteiger partial charge in [0.1, 0.15) is 5.01 Å². The number of halogens is 2. The first kappa shape index (κ1) is 14.6. The van der Waals surface area contributed by atoms with E-state index in [0.29, 0.717) is 28.8 Å². The SMILES string of the molecule is Clc1cccc(Cl)c1Cc1nnc2sc(Cn3cccn3)nn12. The Hall–Kier alpha value is -1.96. The Morgan fingerprint density at radius 3 is 2.65 bits per heavy atom. The number of aromatic nitrogens is 6. The molecule has 0 aliphatic rings. The van der Waals surface area contributed by atoms with Crippen molar-refractivity contribution in [2.75, 3.05) is 0 Å². The minimum absolute atomic E-state index is 0.477. The molecule has 9 heteroatoms. The highest BCUT2D eigenvalue weighted by Crippen LogP contribution is 2.27. The van der Waals surface area contributed by atoms with Gasteiger partial charge in [-0.15, -0.1) is 10.2 Å². The van der Waals surface area contributed by atoms with Crippen LogP contribution in [0.4, 0.5) is 0 Å². The second kappa shape index (κ2) is 5.92. The lowest BCUT2D eigenvalue weighted by atomic mass is 10.1. The summed E-state index contributed by atoms with van der Waals surface area (Å²) in [7, 11) is 0. The molecule has 3 aromatic heterocycles. The molecule has 0 saturated carbocycles. The van der Waals surface area contributed by atoms with E-state index >= 15 is 0 Å². The van der Waals surface area contributed by atoms with E-state index in [0.717, 1.165) is 15.5 Å². The average Bonchev–Trinajstić information content (AvgIpc) is 3.22. The largest absolute Gasteiger partial charge is 0.266 e. The molecule has 0 atom stereocenters. The Labute approximate surface area is 145 Å². The van der Waals surface area contributed by atoms with E-state index in [1.54, 1.807) is 10.7 Å². The number of rotatable bonds is 4. The third kappa shape index (κ3) is 2.83. The van der Waals surface area contributed by atoms with Gasteiger partial charge in [-0.25, -0.2) is 0 Å². The highest BCUT2D eigenvalue weighted by atomic mass is 35.5. The lowest BCUT2D eigenvalue weighted by Crippen LogP contribution is -2.02. The molecule has 23 heavy (non-hydrogen) atoms. The molecule has 0 fully saturated rings. The van der Waals surface area contributed by atoms with Crippen LogP contribution in [-0.4, -0.2) is 29.6 Å². The van der Waals surface area contributed by atoms with E-state index < -0.39 is 0 Å². The molecule has 0 saturated heterocycles. The molecule has 0 aliphatic carbocycles. The van der Waals surface area contributed by atoms with E-state index in [1.807, 2.05) is 35.1 Å². The van der Waals surface area contributed by atoms with Crippen molar-refractivity contribution in [3.8, 4) is 0 Å². The molecule has 0 aliphatic heterocycles. The van der Waals surface area contributed by atoms with Gasteiger partial charge in [-0.1, -0.05) is 40.6 Å². The monoisotopic (exact) mass is 364 g/mol. The minimum atomic E-state index is 0.477. The molecule has 0 amide bonds. The fourth-order valence-corrected chi connectivity index (χ4v) is 3.64. The van der Waals surface area contributed by atoms with Crippen LogP contribution in [0.15, 0.2) is 36.7 Å². The predicted molar refractivity (Wildman–Crippen MR) is 89.3 cm³/mol. The zero-order valence-corrected chi connectivity index (χ0v) is 14.1. The first-order valence-corrected chi connectivity index (χ1v) is 8.38. The first-order chi connectivity index (χ1) is 11.2. The van der Waals surface area contributed by atoms with Gasteiger partial charge in [0.05, 0.1) is 6.54 Å². The molecule has 3 heterocycles. The Bertz CT molecular complexity index is 939. The second-order valence-electron chi connectivity index (χ2n) is 4.89. The second-order valence-corrected chi connectivity index (χ2v) is 6.74. The number of hydrogen-bond donors (Lipinski definition) is 0. The van der Waals surface area contributed by atoms with Crippen LogP contribution in [0.5, 0.6) is 0 Å². The summed E-state index contributed by atoms with van der Waals surface area (Å²) in [6, 6.07) is 7.32. The van der Waals surface area contributed by atoms with Gasteiger partial charge >= 0.3 is 0 Å². The van der Waals surface area contributed by atoms with Crippen LogP contribution in [0, 0.1) is 0 Å². The molecule has 4 aromatic rings. The maximum atomic E-state index is 6.23. The van der Waals surface area contributed by atoms with E-state index in [4.69, 9.17) is 23.2 Å². The van der Waals surface area contributed by atoms with Crippen LogP contribution >= 0.6 is 34.5 Å². The highest BCUT2D eigenvalue weighted by molar-refractivity contribution is 7.16. The quantitative estimate of drug-likeness (QED) is 0.557. The zero-order chi connectivity index (χ0) is 15.8. The number of benzene rings is 1. The van der Waals surface area contributed by atoms with Gasteiger partial charge in [0.15, 0.2) is 5.82 Å². The van der Waals surface area contributed by atoms with Crippen molar-refractivity contribution in [3.05, 3.63) is 63.1 Å². The van der Waals surface area contributed by atoms with Gasteiger partial charge in [-0.2, -0.15) is 14.7 Å². The minimum Gasteiger partial charge on any atom is -0.266 e. The predicted octanol–water partition coefficient (Wildman–Crippen LogP) is 3.33. The lowest BCUT2D eigenvalue weighted by Gasteiger charge is -2.04. The lowest BCUT2D eigenvalue weighted by molar-refractivity contribution is 0.669. The van der Waals surface area contributed by atoms with E-state index in [2.05, 4.69) is 20.4 Å². The maximum absolute atomic E-state index is 6.23. The van der Waals surface area contributed by atoms with E-state index in [-0.39, 0.29) is 0 Å². The summed E-state index contributed by atoms with van der Waals surface area (Å²) in [6.45, 7) is 0.604. The van der Waals surface area contributed by atoms with E-state index in [9.17, 15) is 0 Å². The summed E-state index contributed by atoms with van der Waals surface area (Å²) < 4.78 is 3.56. The molecule has 0 spiro atoms. The third-order valence-corrected chi connectivity index (χ3v) is 4.94. The van der Waals surface area contributed by atoms with Gasteiger partial charge in [-0.05, 0) is 23.8 Å². The average molecular weight is 365 g/mol. The molecule has 6 nitrogen and oxygen atoms in total. The normalized spacial score (nSPS) is 11.4. The molecule has 0 N–H and O–H groups in total. The molecular formula is C14H10Cl2N6S. The van der Waals surface area contributed by atoms with Gasteiger partial charge in [0.25, 0.3) is 0 Å². The summed E-state index contributed by atoms with van der Waals surface area (Å²) in [5, 5.41) is 19.3. The maximum Gasteiger partial charge on any atom is 0.234 e. The smallest absolute Gasteiger partial charge is 0.234 e. The van der Waals surface area contributed by atoms with Crippen LogP contribution < -0.4 is 0 Å². The Morgan fingerprint density at radius 1 is 1.09 bits per heavy atom. The van der Waals surface area contributed by atoms with Gasteiger partial charge in [-0.3, -0.25) is 4.68 Å². The molecule has 4 rings (SSSR count). The number of fused-ring (bicyclic) bond motifs is 1. The van der Waals surface area contributed by atoms with Crippen molar-refractivity contribution in [1.29, 1.82) is 0 Å². The van der Waals surface area contributed by atoms with Crippen molar-refractivity contribution in [2.45, 2.75) is 13.0 Å². The van der Waals surface area contributed by atoms with Crippen molar-refractivity contribution in [3.63, 3.8) is 0 Å². The first-order valence-electron chi connectivity index (χ1n) is 6.81. The van der Waals surface area contributed by atoms with E-state index in [1.165, 1.54) is 11.3 Å². The van der Waals surface area contributed by atoms with Gasteiger partial charge < -0.3 is 0 Å². The summed E-state index contributed by atoms with van der Waals surface area (Å²) in [5.41, 5.74) is 0.826. The Balaban J connectivity index is 1.67. The summed E-state index contributed by atoms with van der Waals surface area (Å²) in [6.07, 6.45) is 4.11. The molecule has 116 valence electrons. The van der Waals surface area contributed by atoms with Crippen LogP contribution in [0.1, 0.15) is 16.4 Å². The van der Waals surface area contributed by atoms with Crippen molar-refractivity contribution < 1.29 is 0 Å². The van der Waals surface area contributed by atoms with Crippen molar-refractivity contribution in [2.24, 2.45) is 0 Å². The van der Waals surface area contributed by atoms with Crippen LogP contribution in [0.25, 0.3) is 4.96 Å². The molecule has 0 radical (unpaired) electrons. The number of nitrogens with zero attached hydrogens (tertiary/aromatic N) is 6. The van der Waals surface area contributed by atoms with Crippen molar-refractivity contribution >= 4 is 39.5 Å². The molecule has 0 unspecified atom stereocenters. The Morgan fingerprint density at radius 2 is 1.91 bits per heavy atom. The standard InChI is InChI=1S/C14H10Cl2N6S/c15-10-3-1-4-11(16)9(10)7-12-18-19-14-22(12)20-13(23-14)8-21-6-2-5-17-21/h1-6H,7-8H2. The molecule has 0 bridgehead atoms. The zero-order valence-electron chi connectivity index (χ0n) is 11.7. The highest BCUT2D eigenvalue weighted by Gasteiger charge is 2.15. The van der Waals surface area contributed by atoms with Gasteiger partial charge in [0.2, 0.25) is 4.96 Å². The summed E-state index contributed by atoms with van der Waals surface area (Å²) in [4.78, 5) is 0.741. The van der Waals surface area contributed by atoms with Crippen LogP contribution in [0.3, 0.4) is 0 Å². The third-order valence-electron chi connectivity index (χ3n) is 3.35. The fraction of sp³-hybridized carbons (Fsp3) is 0.143. The fourth-order valence-electron chi connectivity index (χ4n) is 2.26. The van der Waals surface area contributed by atoms with Crippen molar-refractivity contribution in [1.82, 2.24) is 29.6 Å². The molecule has 1 aromatic carbocycles. The Kier molecular flexibility index (Phi) is 3.76. The topological polar surface area (TPSA) is 60.9 Å². The van der Waals surface area contributed by atoms with Gasteiger partial charge in [0, 0.05) is 28.9 Å². The number of hydrogen-bond acceptors (Lipinski definition) is 5. The summed E-state index contributed by atoms with van der Waals surface area (Å²) in [5.74, 6) is 0.706. The van der Waals surface area contributed by atoms with Crippen LogP contribution in [0.2, 0.25) is 10.0 Å². The molecular weight excluding hydrogens is 355 g/mol.